The molecular formula is C19H23N3O. The summed E-state index contributed by atoms with van der Waals surface area (Å²) in [5, 5.41) is 4.10. The van der Waals surface area contributed by atoms with Gasteiger partial charge in [-0.05, 0) is 55.7 Å². The van der Waals surface area contributed by atoms with Gasteiger partial charge in [-0.1, -0.05) is 24.6 Å². The summed E-state index contributed by atoms with van der Waals surface area (Å²) in [7, 11) is 0. The Morgan fingerprint density at radius 2 is 1.83 bits per heavy atom. The molecule has 3 N–H and O–H groups in total. The first-order valence-corrected chi connectivity index (χ1v) is 8.63. The van der Waals surface area contributed by atoms with Crippen molar-refractivity contribution in [2.24, 2.45) is 23.5 Å². The van der Waals surface area contributed by atoms with E-state index in [1.165, 1.54) is 19.3 Å². The van der Waals surface area contributed by atoms with Crippen LogP contribution in [0.5, 0.6) is 0 Å². The number of anilines is 1. The molecule has 2 saturated carbocycles. The predicted octanol–water partition coefficient (Wildman–Crippen LogP) is 3.33. The van der Waals surface area contributed by atoms with E-state index in [1.807, 2.05) is 36.4 Å². The molecule has 2 atom stereocenters. The average molecular weight is 309 g/mol. The van der Waals surface area contributed by atoms with Crippen molar-refractivity contribution in [2.75, 3.05) is 5.32 Å². The van der Waals surface area contributed by atoms with Gasteiger partial charge in [-0.15, -0.1) is 0 Å². The minimum absolute atomic E-state index is 0.0818. The Hall–Kier alpha value is -1.94. The molecule has 4 rings (SSSR count). The fourth-order valence-electron chi connectivity index (χ4n) is 4.37. The number of aromatic nitrogens is 1. The first-order chi connectivity index (χ1) is 11.2. The van der Waals surface area contributed by atoms with Gasteiger partial charge in [-0.3, -0.25) is 4.79 Å². The molecule has 4 nitrogen and oxygen atoms in total. The van der Waals surface area contributed by atoms with Crippen LogP contribution in [0.25, 0.3) is 10.9 Å². The van der Waals surface area contributed by atoms with Crippen LogP contribution in [0.4, 0.5) is 5.82 Å². The van der Waals surface area contributed by atoms with Crippen molar-refractivity contribution in [1.29, 1.82) is 0 Å². The van der Waals surface area contributed by atoms with E-state index in [4.69, 9.17) is 5.73 Å². The molecule has 2 aliphatic carbocycles. The Bertz CT molecular complexity index is 715. The molecule has 1 aromatic heterocycles. The molecule has 1 aromatic carbocycles. The number of rotatable bonds is 2. The normalized spacial score (nSPS) is 30.1. The number of hydrogen-bond acceptors (Lipinski definition) is 3. The summed E-state index contributed by atoms with van der Waals surface area (Å²) in [6.07, 6.45) is 5.48. The highest BCUT2D eigenvalue weighted by molar-refractivity contribution is 5.93. The number of fused-ring (bicyclic) bond motifs is 3. The molecule has 0 spiro atoms. The highest BCUT2D eigenvalue weighted by atomic mass is 16.1. The molecule has 2 bridgehead atoms. The van der Waals surface area contributed by atoms with Crippen LogP contribution in [-0.4, -0.2) is 16.9 Å². The Balaban J connectivity index is 1.48. The second kappa shape index (κ2) is 5.93. The number of carbonyl (C=O) groups is 1. The molecule has 2 fully saturated rings. The zero-order valence-electron chi connectivity index (χ0n) is 13.2. The summed E-state index contributed by atoms with van der Waals surface area (Å²) in [4.78, 5) is 17.2. The topological polar surface area (TPSA) is 68.0 Å². The summed E-state index contributed by atoms with van der Waals surface area (Å²) >= 11 is 0. The molecule has 1 amide bonds. The van der Waals surface area contributed by atoms with Crippen LogP contribution in [0.2, 0.25) is 0 Å². The zero-order valence-corrected chi connectivity index (χ0v) is 13.2. The second-order valence-electron chi connectivity index (χ2n) is 7.08. The quantitative estimate of drug-likeness (QED) is 0.894. The van der Waals surface area contributed by atoms with E-state index >= 15 is 0 Å². The number of amides is 1. The molecule has 2 aromatic rings. The largest absolute Gasteiger partial charge is 0.327 e. The van der Waals surface area contributed by atoms with Gasteiger partial charge in [0.05, 0.1) is 5.52 Å². The number of para-hydroxylation sites is 1. The molecule has 23 heavy (non-hydrogen) atoms. The lowest BCUT2D eigenvalue weighted by Gasteiger charge is -2.43. The van der Waals surface area contributed by atoms with Crippen molar-refractivity contribution in [3.05, 3.63) is 36.4 Å². The van der Waals surface area contributed by atoms with Crippen molar-refractivity contribution in [2.45, 2.75) is 38.1 Å². The number of nitrogens with one attached hydrogen (secondary N) is 1. The van der Waals surface area contributed by atoms with E-state index in [0.29, 0.717) is 23.7 Å². The van der Waals surface area contributed by atoms with Crippen LogP contribution in [0.3, 0.4) is 0 Å². The van der Waals surface area contributed by atoms with Crippen LogP contribution in [0, 0.1) is 17.8 Å². The van der Waals surface area contributed by atoms with Crippen LogP contribution in [0.15, 0.2) is 36.4 Å². The number of nitrogens with two attached hydrogens (primary N) is 1. The van der Waals surface area contributed by atoms with Crippen LogP contribution in [0.1, 0.15) is 32.1 Å². The van der Waals surface area contributed by atoms with Crippen LogP contribution >= 0.6 is 0 Å². The maximum Gasteiger partial charge on any atom is 0.228 e. The summed E-state index contributed by atoms with van der Waals surface area (Å²) in [5.41, 5.74) is 7.23. The number of hydrogen-bond donors (Lipinski definition) is 2. The van der Waals surface area contributed by atoms with Gasteiger partial charge in [-0.2, -0.15) is 0 Å². The maximum absolute atomic E-state index is 12.6. The van der Waals surface area contributed by atoms with Gasteiger partial charge in [0, 0.05) is 17.3 Å². The van der Waals surface area contributed by atoms with Crippen molar-refractivity contribution in [3.63, 3.8) is 0 Å². The van der Waals surface area contributed by atoms with Crippen molar-refractivity contribution < 1.29 is 4.79 Å². The van der Waals surface area contributed by atoms with Crippen LogP contribution in [-0.2, 0) is 4.79 Å². The van der Waals surface area contributed by atoms with Gasteiger partial charge in [0.15, 0.2) is 0 Å². The number of nitrogens with zero attached hydrogens (tertiary/aromatic N) is 1. The zero-order chi connectivity index (χ0) is 15.8. The Morgan fingerprint density at radius 3 is 2.61 bits per heavy atom. The second-order valence-corrected chi connectivity index (χ2v) is 7.08. The molecule has 120 valence electrons. The third-order valence-electron chi connectivity index (χ3n) is 5.63. The Morgan fingerprint density at radius 1 is 1.09 bits per heavy atom. The summed E-state index contributed by atoms with van der Waals surface area (Å²) < 4.78 is 0. The molecule has 1 heterocycles. The first-order valence-electron chi connectivity index (χ1n) is 8.63. The van der Waals surface area contributed by atoms with Gasteiger partial charge < -0.3 is 11.1 Å². The van der Waals surface area contributed by atoms with E-state index in [-0.39, 0.29) is 11.8 Å². The molecule has 2 unspecified atom stereocenters. The molecular weight excluding hydrogens is 286 g/mol. The molecule has 4 heteroatoms. The lowest BCUT2D eigenvalue weighted by molar-refractivity contribution is -0.122. The summed E-state index contributed by atoms with van der Waals surface area (Å²) in [6, 6.07) is 12.1. The van der Waals surface area contributed by atoms with Crippen molar-refractivity contribution >= 4 is 22.6 Å². The minimum Gasteiger partial charge on any atom is -0.327 e. The maximum atomic E-state index is 12.6. The van der Waals surface area contributed by atoms with E-state index in [0.717, 1.165) is 23.7 Å². The van der Waals surface area contributed by atoms with Gasteiger partial charge in [-0.25, -0.2) is 4.98 Å². The van der Waals surface area contributed by atoms with E-state index < -0.39 is 0 Å². The SMILES string of the molecule is NC1C2CCCC1CC(C(=O)Nc1ccc3ccccc3n1)C2. The first kappa shape index (κ1) is 14.6. The Labute approximate surface area is 136 Å². The van der Waals surface area contributed by atoms with Gasteiger partial charge in [0.1, 0.15) is 5.82 Å². The number of benzene rings is 1. The molecule has 0 aliphatic heterocycles. The predicted molar refractivity (Wildman–Crippen MR) is 91.9 cm³/mol. The monoisotopic (exact) mass is 309 g/mol. The van der Waals surface area contributed by atoms with E-state index in [2.05, 4.69) is 10.3 Å². The fourth-order valence-corrected chi connectivity index (χ4v) is 4.37. The van der Waals surface area contributed by atoms with E-state index in [1.54, 1.807) is 0 Å². The smallest absolute Gasteiger partial charge is 0.228 e. The lowest BCUT2D eigenvalue weighted by atomic mass is 9.65. The molecule has 0 saturated heterocycles. The minimum atomic E-state index is 0.0818. The number of pyridine rings is 1. The summed E-state index contributed by atoms with van der Waals surface area (Å²) in [5.74, 6) is 1.87. The highest BCUT2D eigenvalue weighted by Crippen LogP contribution is 2.42. The number of carbonyl (C=O) groups excluding carboxylic acids is 1. The van der Waals surface area contributed by atoms with Gasteiger partial charge in [0.25, 0.3) is 0 Å². The molecule has 0 radical (unpaired) electrons. The van der Waals surface area contributed by atoms with E-state index in [9.17, 15) is 4.79 Å². The van der Waals surface area contributed by atoms with Crippen LogP contribution < -0.4 is 11.1 Å². The van der Waals surface area contributed by atoms with Crippen molar-refractivity contribution in [3.8, 4) is 0 Å². The Kier molecular flexibility index (Phi) is 3.77. The standard InChI is InChI=1S/C19H23N3O/c20-18-13-5-3-6-14(18)11-15(10-13)19(23)22-17-9-8-12-4-1-2-7-16(12)21-17/h1-2,4,7-9,13-15,18H,3,5-6,10-11,20H2,(H,21,22,23). The lowest BCUT2D eigenvalue weighted by Crippen LogP contribution is -2.48. The third-order valence-corrected chi connectivity index (χ3v) is 5.63. The third kappa shape index (κ3) is 2.83. The van der Waals surface area contributed by atoms with Crippen molar-refractivity contribution in [1.82, 2.24) is 4.98 Å². The van der Waals surface area contributed by atoms with Gasteiger partial charge >= 0.3 is 0 Å². The summed E-state index contributed by atoms with van der Waals surface area (Å²) in [6.45, 7) is 0. The van der Waals surface area contributed by atoms with Gasteiger partial charge in [0.2, 0.25) is 5.91 Å². The highest BCUT2D eigenvalue weighted by Gasteiger charge is 2.40. The average Bonchev–Trinajstić information content (AvgIpc) is 2.54. The fraction of sp³-hybridized carbons (Fsp3) is 0.474. The molecule has 2 aliphatic rings.